The van der Waals surface area contributed by atoms with Crippen molar-refractivity contribution in [2.75, 3.05) is 12.4 Å². The van der Waals surface area contributed by atoms with E-state index < -0.39 is 0 Å². The molecule has 6 heteroatoms. The van der Waals surface area contributed by atoms with E-state index in [1.165, 1.54) is 4.70 Å². The van der Waals surface area contributed by atoms with E-state index in [1.807, 2.05) is 79.4 Å². The number of carbonyl (C=O) groups is 1. The average molecular weight is 501 g/mol. The first-order valence-electron chi connectivity index (χ1n) is 12.0. The van der Waals surface area contributed by atoms with Crippen LogP contribution in [-0.2, 0) is 6.54 Å². The van der Waals surface area contributed by atoms with Crippen molar-refractivity contribution in [3.63, 3.8) is 0 Å². The molecule has 0 saturated carbocycles. The minimum atomic E-state index is 0.00198. The number of benzene rings is 4. The SMILES string of the molecule is CN(Cc1ccccc1)C(=O)c1ccc(-c2ccc3c(Nc4ccc5scnc5c4)ccnc3c2)cc1. The van der Waals surface area contributed by atoms with Gasteiger partial charge in [-0.05, 0) is 59.2 Å². The highest BCUT2D eigenvalue weighted by molar-refractivity contribution is 7.16. The summed E-state index contributed by atoms with van der Waals surface area (Å²) < 4.78 is 1.17. The van der Waals surface area contributed by atoms with E-state index in [9.17, 15) is 4.79 Å². The molecule has 180 valence electrons. The summed E-state index contributed by atoms with van der Waals surface area (Å²) in [5.41, 5.74) is 9.62. The van der Waals surface area contributed by atoms with E-state index in [4.69, 9.17) is 0 Å². The molecule has 6 rings (SSSR count). The number of amides is 1. The average Bonchev–Trinajstić information content (AvgIpc) is 3.41. The zero-order valence-electron chi connectivity index (χ0n) is 20.3. The van der Waals surface area contributed by atoms with Gasteiger partial charge in [-0.2, -0.15) is 0 Å². The molecule has 0 saturated heterocycles. The van der Waals surface area contributed by atoms with Gasteiger partial charge in [0.1, 0.15) is 0 Å². The van der Waals surface area contributed by atoms with E-state index in [-0.39, 0.29) is 5.91 Å². The van der Waals surface area contributed by atoms with Gasteiger partial charge in [-0.3, -0.25) is 9.78 Å². The van der Waals surface area contributed by atoms with Crippen molar-refractivity contribution in [3.8, 4) is 11.1 Å². The monoisotopic (exact) mass is 500 g/mol. The van der Waals surface area contributed by atoms with Gasteiger partial charge >= 0.3 is 0 Å². The van der Waals surface area contributed by atoms with E-state index in [0.717, 1.165) is 44.5 Å². The Kier molecular flexibility index (Phi) is 6.08. The second-order valence-electron chi connectivity index (χ2n) is 8.97. The van der Waals surface area contributed by atoms with Crippen molar-refractivity contribution in [2.24, 2.45) is 0 Å². The molecule has 2 aromatic heterocycles. The minimum Gasteiger partial charge on any atom is -0.355 e. The molecular formula is C31H24N4OS. The molecule has 0 aliphatic heterocycles. The Balaban J connectivity index is 1.21. The van der Waals surface area contributed by atoms with Crippen molar-refractivity contribution in [2.45, 2.75) is 6.54 Å². The van der Waals surface area contributed by atoms with Gasteiger partial charge in [-0.15, -0.1) is 11.3 Å². The third-order valence-corrected chi connectivity index (χ3v) is 7.24. The summed E-state index contributed by atoms with van der Waals surface area (Å²) >= 11 is 1.64. The number of anilines is 2. The first-order chi connectivity index (χ1) is 18.1. The van der Waals surface area contributed by atoms with E-state index >= 15 is 0 Å². The summed E-state index contributed by atoms with van der Waals surface area (Å²) in [5, 5.41) is 4.56. The molecule has 0 fully saturated rings. The summed E-state index contributed by atoms with van der Waals surface area (Å²) in [6.07, 6.45) is 1.82. The molecule has 6 aromatic rings. The quantitative estimate of drug-likeness (QED) is 0.257. The zero-order valence-corrected chi connectivity index (χ0v) is 21.1. The molecule has 37 heavy (non-hydrogen) atoms. The Morgan fingerprint density at radius 3 is 2.49 bits per heavy atom. The highest BCUT2D eigenvalue weighted by atomic mass is 32.1. The lowest BCUT2D eigenvalue weighted by molar-refractivity contribution is 0.0785. The number of hydrogen-bond donors (Lipinski definition) is 1. The fourth-order valence-electron chi connectivity index (χ4n) is 4.48. The molecule has 5 nitrogen and oxygen atoms in total. The second kappa shape index (κ2) is 9.84. The Morgan fingerprint density at radius 1 is 0.838 bits per heavy atom. The Labute approximate surface area is 219 Å². The lowest BCUT2D eigenvalue weighted by Crippen LogP contribution is -2.26. The molecule has 0 unspecified atom stereocenters. The molecular weight excluding hydrogens is 476 g/mol. The number of rotatable bonds is 6. The van der Waals surface area contributed by atoms with Crippen LogP contribution in [0.4, 0.5) is 11.4 Å². The number of thiazole rings is 1. The lowest BCUT2D eigenvalue weighted by atomic mass is 10.0. The van der Waals surface area contributed by atoms with Gasteiger partial charge in [-0.1, -0.05) is 54.6 Å². The normalized spacial score (nSPS) is 11.1. The van der Waals surface area contributed by atoms with Gasteiger partial charge in [0.2, 0.25) is 0 Å². The van der Waals surface area contributed by atoms with Gasteiger partial charge in [0, 0.05) is 42.1 Å². The van der Waals surface area contributed by atoms with Crippen LogP contribution in [0, 0.1) is 0 Å². The first kappa shape index (κ1) is 22.9. The molecule has 0 spiro atoms. The maximum absolute atomic E-state index is 12.9. The zero-order chi connectivity index (χ0) is 25.2. The van der Waals surface area contributed by atoms with E-state index in [1.54, 1.807) is 16.2 Å². The number of fused-ring (bicyclic) bond motifs is 2. The summed E-state index contributed by atoms with van der Waals surface area (Å²) in [4.78, 5) is 23.7. The number of nitrogens with zero attached hydrogens (tertiary/aromatic N) is 3. The number of nitrogens with one attached hydrogen (secondary N) is 1. The predicted molar refractivity (Wildman–Crippen MR) is 152 cm³/mol. The van der Waals surface area contributed by atoms with Crippen LogP contribution in [0.5, 0.6) is 0 Å². The van der Waals surface area contributed by atoms with Gasteiger partial charge in [-0.25, -0.2) is 4.98 Å². The van der Waals surface area contributed by atoms with Crippen molar-refractivity contribution in [3.05, 3.63) is 120 Å². The molecule has 0 aliphatic carbocycles. The number of pyridine rings is 1. The van der Waals surface area contributed by atoms with Gasteiger partial charge < -0.3 is 10.2 Å². The maximum atomic E-state index is 12.9. The fourth-order valence-corrected chi connectivity index (χ4v) is 5.14. The molecule has 4 aromatic carbocycles. The number of carbonyl (C=O) groups excluding carboxylic acids is 1. The summed E-state index contributed by atoms with van der Waals surface area (Å²) in [7, 11) is 1.83. The van der Waals surface area contributed by atoms with Crippen LogP contribution >= 0.6 is 11.3 Å². The molecule has 1 N–H and O–H groups in total. The van der Waals surface area contributed by atoms with Crippen LogP contribution in [0.15, 0.2) is 109 Å². The maximum Gasteiger partial charge on any atom is 0.253 e. The third-order valence-electron chi connectivity index (χ3n) is 6.43. The largest absolute Gasteiger partial charge is 0.355 e. The highest BCUT2D eigenvalue weighted by Gasteiger charge is 2.13. The van der Waals surface area contributed by atoms with Crippen LogP contribution < -0.4 is 5.32 Å². The Hall–Kier alpha value is -4.55. The molecule has 0 bridgehead atoms. The topological polar surface area (TPSA) is 58.1 Å². The first-order valence-corrected chi connectivity index (χ1v) is 12.9. The number of hydrogen-bond acceptors (Lipinski definition) is 5. The molecule has 2 heterocycles. The summed E-state index contributed by atoms with van der Waals surface area (Å²) in [5.74, 6) is 0.00198. The predicted octanol–water partition coefficient (Wildman–Crippen LogP) is 7.53. The molecule has 0 radical (unpaired) electrons. The summed E-state index contributed by atoms with van der Waals surface area (Å²) in [6.45, 7) is 0.575. The standard InChI is InChI=1S/C31H24N4OS/c1-35(19-21-5-3-2-4-6-21)31(36)23-9-7-22(8-10-23)24-11-13-26-27(15-16-32-28(26)17-24)34-25-12-14-30-29(18-25)33-20-37-30/h2-18,20H,19H2,1H3,(H,32,34). The van der Waals surface area contributed by atoms with Crippen LogP contribution in [0.25, 0.3) is 32.2 Å². The Bertz CT molecular complexity index is 1710. The molecule has 0 aliphatic rings. The van der Waals surface area contributed by atoms with Crippen molar-refractivity contribution in [1.82, 2.24) is 14.9 Å². The van der Waals surface area contributed by atoms with Gasteiger partial charge in [0.15, 0.2) is 0 Å². The van der Waals surface area contributed by atoms with Crippen molar-refractivity contribution < 1.29 is 4.79 Å². The molecule has 0 atom stereocenters. The molecule has 1 amide bonds. The lowest BCUT2D eigenvalue weighted by Gasteiger charge is -2.17. The number of aromatic nitrogens is 2. The van der Waals surface area contributed by atoms with Crippen LogP contribution in [0.3, 0.4) is 0 Å². The van der Waals surface area contributed by atoms with Gasteiger partial charge in [0.05, 0.1) is 21.2 Å². The van der Waals surface area contributed by atoms with Crippen LogP contribution in [-0.4, -0.2) is 27.8 Å². The van der Waals surface area contributed by atoms with Crippen molar-refractivity contribution >= 4 is 49.7 Å². The smallest absolute Gasteiger partial charge is 0.253 e. The minimum absolute atomic E-state index is 0.00198. The highest BCUT2D eigenvalue weighted by Crippen LogP contribution is 2.31. The third kappa shape index (κ3) is 4.79. The van der Waals surface area contributed by atoms with Gasteiger partial charge in [0.25, 0.3) is 5.91 Å². The van der Waals surface area contributed by atoms with Crippen LogP contribution in [0.2, 0.25) is 0 Å². The Morgan fingerprint density at radius 2 is 1.65 bits per heavy atom. The van der Waals surface area contributed by atoms with Crippen LogP contribution in [0.1, 0.15) is 15.9 Å². The van der Waals surface area contributed by atoms with E-state index in [2.05, 4.69) is 51.7 Å². The second-order valence-corrected chi connectivity index (χ2v) is 9.86. The van der Waals surface area contributed by atoms with Crippen molar-refractivity contribution in [1.29, 1.82) is 0 Å². The fraction of sp³-hybridized carbons (Fsp3) is 0.0645. The summed E-state index contributed by atoms with van der Waals surface area (Å²) in [6, 6.07) is 32.3. The van der Waals surface area contributed by atoms with E-state index in [0.29, 0.717) is 12.1 Å².